The van der Waals surface area contributed by atoms with E-state index >= 15 is 0 Å². The molecular formula is C17H13N. The van der Waals surface area contributed by atoms with Gasteiger partial charge in [0.25, 0.3) is 0 Å². The number of nitrogens with zero attached hydrogens (tertiary/aromatic N) is 1. The van der Waals surface area contributed by atoms with E-state index < -0.39 is 0 Å². The first-order valence-electron chi connectivity index (χ1n) is 5.96. The summed E-state index contributed by atoms with van der Waals surface area (Å²) in [6.45, 7) is 3.89. The monoisotopic (exact) mass is 231 g/mol. The summed E-state index contributed by atoms with van der Waals surface area (Å²) in [5.41, 5.74) is 4.25. The Hall–Kier alpha value is -2.41. The van der Waals surface area contributed by atoms with E-state index in [1.807, 2.05) is 42.5 Å². The third-order valence-corrected chi connectivity index (χ3v) is 3.04. The quantitative estimate of drug-likeness (QED) is 0.630. The minimum absolute atomic E-state index is 0.990. The summed E-state index contributed by atoms with van der Waals surface area (Å²) < 4.78 is 0. The maximum Gasteiger partial charge on any atom is 0.0715 e. The number of pyridine rings is 1. The first-order valence-corrected chi connectivity index (χ1v) is 5.96. The molecule has 1 heterocycles. The Kier molecular flexibility index (Phi) is 2.66. The molecule has 0 spiro atoms. The van der Waals surface area contributed by atoms with E-state index in [1.165, 1.54) is 0 Å². The second kappa shape index (κ2) is 4.46. The standard InChI is InChI=1S/C17H13N/c1-2-13-12-17(14-8-4-3-5-9-14)18-16-11-7-6-10-15(13)16/h2-12H,1H2. The van der Waals surface area contributed by atoms with E-state index in [-0.39, 0.29) is 0 Å². The van der Waals surface area contributed by atoms with Crippen molar-refractivity contribution in [2.75, 3.05) is 0 Å². The van der Waals surface area contributed by atoms with Crippen LogP contribution < -0.4 is 0 Å². The molecule has 18 heavy (non-hydrogen) atoms. The molecular weight excluding hydrogens is 218 g/mol. The molecule has 86 valence electrons. The Bertz CT molecular complexity index is 699. The zero-order chi connectivity index (χ0) is 12.4. The molecule has 3 aromatic rings. The number of benzene rings is 2. The van der Waals surface area contributed by atoms with Gasteiger partial charge in [0.15, 0.2) is 0 Å². The molecule has 3 rings (SSSR count). The van der Waals surface area contributed by atoms with Crippen molar-refractivity contribution in [3.8, 4) is 11.3 Å². The van der Waals surface area contributed by atoms with Gasteiger partial charge in [-0.1, -0.05) is 61.2 Å². The van der Waals surface area contributed by atoms with E-state index in [9.17, 15) is 0 Å². The first-order chi connectivity index (χ1) is 8.88. The second-order valence-corrected chi connectivity index (χ2v) is 4.18. The van der Waals surface area contributed by atoms with Gasteiger partial charge in [-0.05, 0) is 17.7 Å². The van der Waals surface area contributed by atoms with Crippen molar-refractivity contribution in [3.63, 3.8) is 0 Å². The zero-order valence-electron chi connectivity index (χ0n) is 10.0. The minimum Gasteiger partial charge on any atom is -0.248 e. The maximum atomic E-state index is 4.71. The summed E-state index contributed by atoms with van der Waals surface area (Å²) in [6, 6.07) is 20.5. The molecule has 0 aliphatic rings. The molecule has 0 amide bonds. The van der Waals surface area contributed by atoms with E-state index in [1.54, 1.807) is 0 Å². The van der Waals surface area contributed by atoms with Gasteiger partial charge in [0.1, 0.15) is 0 Å². The van der Waals surface area contributed by atoms with Gasteiger partial charge in [0.2, 0.25) is 0 Å². The Morgan fingerprint density at radius 1 is 0.889 bits per heavy atom. The van der Waals surface area contributed by atoms with Crippen LogP contribution in [-0.4, -0.2) is 4.98 Å². The predicted molar refractivity (Wildman–Crippen MR) is 77.3 cm³/mol. The van der Waals surface area contributed by atoms with Gasteiger partial charge in [0.05, 0.1) is 11.2 Å². The van der Waals surface area contributed by atoms with Gasteiger partial charge in [-0.25, -0.2) is 4.98 Å². The molecule has 0 aliphatic heterocycles. The molecule has 0 radical (unpaired) electrons. The van der Waals surface area contributed by atoms with Crippen molar-refractivity contribution in [1.29, 1.82) is 0 Å². The van der Waals surface area contributed by atoms with Crippen LogP contribution in [0.25, 0.3) is 28.2 Å². The molecule has 0 saturated carbocycles. The summed E-state index contributed by atoms with van der Waals surface area (Å²) in [5.74, 6) is 0. The lowest BCUT2D eigenvalue weighted by atomic mass is 10.0. The lowest BCUT2D eigenvalue weighted by Crippen LogP contribution is -1.88. The van der Waals surface area contributed by atoms with Gasteiger partial charge in [-0.2, -0.15) is 0 Å². The average molecular weight is 231 g/mol. The number of para-hydroxylation sites is 1. The molecule has 1 heteroatoms. The summed E-state index contributed by atoms with van der Waals surface area (Å²) in [6.07, 6.45) is 1.89. The van der Waals surface area contributed by atoms with Crippen LogP contribution in [0.15, 0.2) is 67.2 Å². The fourth-order valence-electron chi connectivity index (χ4n) is 2.13. The van der Waals surface area contributed by atoms with Crippen molar-refractivity contribution in [2.45, 2.75) is 0 Å². The predicted octanol–water partition coefficient (Wildman–Crippen LogP) is 4.54. The van der Waals surface area contributed by atoms with Crippen LogP contribution in [0, 0.1) is 0 Å². The molecule has 0 aliphatic carbocycles. The van der Waals surface area contributed by atoms with Crippen molar-refractivity contribution in [1.82, 2.24) is 4.98 Å². The smallest absolute Gasteiger partial charge is 0.0715 e. The molecule has 0 saturated heterocycles. The fourth-order valence-corrected chi connectivity index (χ4v) is 2.13. The second-order valence-electron chi connectivity index (χ2n) is 4.18. The summed E-state index contributed by atoms with van der Waals surface area (Å²) in [7, 11) is 0. The van der Waals surface area contributed by atoms with Gasteiger partial charge < -0.3 is 0 Å². The van der Waals surface area contributed by atoms with Crippen LogP contribution in [0.1, 0.15) is 5.56 Å². The molecule has 0 N–H and O–H groups in total. The molecule has 0 unspecified atom stereocenters. The summed E-state index contributed by atoms with van der Waals surface area (Å²) in [4.78, 5) is 4.71. The number of hydrogen-bond acceptors (Lipinski definition) is 1. The van der Waals surface area contributed by atoms with E-state index in [0.29, 0.717) is 0 Å². The molecule has 1 aromatic heterocycles. The zero-order valence-corrected chi connectivity index (χ0v) is 10.0. The van der Waals surface area contributed by atoms with Crippen LogP contribution in [0.4, 0.5) is 0 Å². The molecule has 1 nitrogen and oxygen atoms in total. The Labute approximate surface area is 106 Å². The van der Waals surface area contributed by atoms with Crippen LogP contribution in [0.5, 0.6) is 0 Å². The van der Waals surface area contributed by atoms with Gasteiger partial charge in [-0.3, -0.25) is 0 Å². The lowest BCUT2D eigenvalue weighted by Gasteiger charge is -2.06. The highest BCUT2D eigenvalue weighted by atomic mass is 14.7. The lowest BCUT2D eigenvalue weighted by molar-refractivity contribution is 1.39. The highest BCUT2D eigenvalue weighted by Gasteiger charge is 2.04. The number of aromatic nitrogens is 1. The van der Waals surface area contributed by atoms with Gasteiger partial charge in [0, 0.05) is 10.9 Å². The first kappa shape index (κ1) is 10.7. The number of fused-ring (bicyclic) bond motifs is 1. The summed E-state index contributed by atoms with van der Waals surface area (Å²) >= 11 is 0. The summed E-state index contributed by atoms with van der Waals surface area (Å²) in [5, 5.41) is 1.15. The van der Waals surface area contributed by atoms with E-state index in [0.717, 1.165) is 27.7 Å². The number of hydrogen-bond donors (Lipinski definition) is 0. The number of rotatable bonds is 2. The van der Waals surface area contributed by atoms with Gasteiger partial charge >= 0.3 is 0 Å². The molecule has 0 fully saturated rings. The van der Waals surface area contributed by atoms with Gasteiger partial charge in [-0.15, -0.1) is 0 Å². The topological polar surface area (TPSA) is 12.9 Å². The van der Waals surface area contributed by atoms with E-state index in [4.69, 9.17) is 4.98 Å². The van der Waals surface area contributed by atoms with Crippen LogP contribution in [0.3, 0.4) is 0 Å². The minimum atomic E-state index is 0.990. The van der Waals surface area contributed by atoms with Crippen molar-refractivity contribution >= 4 is 17.0 Å². The van der Waals surface area contributed by atoms with Crippen LogP contribution >= 0.6 is 0 Å². The molecule has 0 atom stereocenters. The third kappa shape index (κ3) is 1.80. The molecule has 2 aromatic carbocycles. The Balaban J connectivity index is 2.29. The van der Waals surface area contributed by atoms with Crippen molar-refractivity contribution in [2.24, 2.45) is 0 Å². The maximum absolute atomic E-state index is 4.71. The molecule has 0 bridgehead atoms. The van der Waals surface area contributed by atoms with Crippen molar-refractivity contribution in [3.05, 3.63) is 72.8 Å². The fraction of sp³-hybridized carbons (Fsp3) is 0. The van der Waals surface area contributed by atoms with Crippen LogP contribution in [0.2, 0.25) is 0 Å². The highest BCUT2D eigenvalue weighted by Crippen LogP contribution is 2.25. The highest BCUT2D eigenvalue weighted by molar-refractivity contribution is 5.90. The third-order valence-electron chi connectivity index (χ3n) is 3.04. The largest absolute Gasteiger partial charge is 0.248 e. The Morgan fingerprint density at radius 2 is 1.61 bits per heavy atom. The normalized spacial score (nSPS) is 10.4. The van der Waals surface area contributed by atoms with E-state index in [2.05, 4.69) is 30.8 Å². The van der Waals surface area contributed by atoms with Crippen LogP contribution in [-0.2, 0) is 0 Å². The van der Waals surface area contributed by atoms with Crippen molar-refractivity contribution < 1.29 is 0 Å². The Morgan fingerprint density at radius 3 is 2.39 bits per heavy atom. The average Bonchev–Trinajstić information content (AvgIpc) is 2.47. The SMILES string of the molecule is C=Cc1cc(-c2ccccc2)nc2ccccc12.